The SMILES string of the molecule is COc1ccc(C(=O)N[C@@H](C)CN2CCCCC2)cc1S(=O)(=O)N1CCCC1. The van der Waals surface area contributed by atoms with Crippen molar-refractivity contribution in [2.24, 2.45) is 0 Å². The van der Waals surface area contributed by atoms with Crippen LogP contribution in [0.25, 0.3) is 0 Å². The van der Waals surface area contributed by atoms with Crippen molar-refractivity contribution < 1.29 is 17.9 Å². The summed E-state index contributed by atoms with van der Waals surface area (Å²) in [5.41, 5.74) is 0.337. The average molecular weight is 410 g/mol. The molecule has 0 aromatic heterocycles. The second kappa shape index (κ2) is 9.24. The number of nitrogens with zero attached hydrogens (tertiary/aromatic N) is 2. The Bertz CT molecular complexity index is 785. The summed E-state index contributed by atoms with van der Waals surface area (Å²) in [5.74, 6) is 0.00912. The lowest BCUT2D eigenvalue weighted by Crippen LogP contribution is -2.43. The van der Waals surface area contributed by atoms with Crippen LogP contribution in [-0.4, -0.2) is 69.4 Å². The zero-order valence-corrected chi connectivity index (χ0v) is 17.6. The van der Waals surface area contributed by atoms with Gasteiger partial charge in [-0.1, -0.05) is 6.42 Å². The lowest BCUT2D eigenvalue weighted by molar-refractivity contribution is 0.0925. The van der Waals surface area contributed by atoms with Gasteiger partial charge in [0.2, 0.25) is 10.0 Å². The van der Waals surface area contributed by atoms with E-state index in [1.165, 1.54) is 36.7 Å². The van der Waals surface area contributed by atoms with Gasteiger partial charge in [-0.3, -0.25) is 4.79 Å². The van der Waals surface area contributed by atoms with Gasteiger partial charge in [-0.15, -0.1) is 0 Å². The number of rotatable bonds is 7. The smallest absolute Gasteiger partial charge is 0.251 e. The molecule has 2 fully saturated rings. The molecule has 2 aliphatic heterocycles. The number of carbonyl (C=O) groups is 1. The molecule has 1 aromatic rings. The highest BCUT2D eigenvalue weighted by Crippen LogP contribution is 2.29. The summed E-state index contributed by atoms with van der Waals surface area (Å²) >= 11 is 0. The lowest BCUT2D eigenvalue weighted by Gasteiger charge is -2.29. The fourth-order valence-electron chi connectivity index (χ4n) is 3.97. The van der Waals surface area contributed by atoms with Gasteiger partial charge in [0.05, 0.1) is 7.11 Å². The molecule has 0 unspecified atom stereocenters. The topological polar surface area (TPSA) is 79.0 Å². The lowest BCUT2D eigenvalue weighted by atomic mass is 10.1. The van der Waals surface area contributed by atoms with Gasteiger partial charge in [0.15, 0.2) is 0 Å². The molecule has 2 heterocycles. The number of sulfonamides is 1. The molecule has 1 atom stereocenters. The van der Waals surface area contributed by atoms with E-state index in [0.717, 1.165) is 32.5 Å². The van der Waals surface area contributed by atoms with Crippen molar-refractivity contribution in [3.63, 3.8) is 0 Å². The van der Waals surface area contributed by atoms with E-state index < -0.39 is 10.0 Å². The van der Waals surface area contributed by atoms with Gasteiger partial charge in [0.1, 0.15) is 10.6 Å². The third kappa shape index (κ3) is 4.85. The van der Waals surface area contributed by atoms with Crippen LogP contribution in [0.4, 0.5) is 0 Å². The van der Waals surface area contributed by atoms with Crippen LogP contribution in [0.2, 0.25) is 0 Å². The number of benzene rings is 1. The van der Waals surface area contributed by atoms with Gasteiger partial charge in [0.25, 0.3) is 5.91 Å². The normalized spacial score (nSPS) is 20.1. The Kier molecular flexibility index (Phi) is 6.95. The maximum Gasteiger partial charge on any atom is 0.251 e. The maximum absolute atomic E-state index is 13.0. The molecule has 1 N–H and O–H groups in total. The van der Waals surface area contributed by atoms with E-state index in [0.29, 0.717) is 18.7 Å². The Labute approximate surface area is 168 Å². The second-order valence-corrected chi connectivity index (χ2v) is 9.62. The number of carbonyl (C=O) groups excluding carboxylic acids is 1. The van der Waals surface area contributed by atoms with Gasteiger partial charge in [-0.05, 0) is 63.9 Å². The fourth-order valence-corrected chi connectivity index (χ4v) is 5.67. The van der Waals surface area contributed by atoms with Crippen LogP contribution < -0.4 is 10.1 Å². The van der Waals surface area contributed by atoms with Gasteiger partial charge in [-0.2, -0.15) is 4.31 Å². The van der Waals surface area contributed by atoms with E-state index in [9.17, 15) is 13.2 Å². The Morgan fingerprint density at radius 3 is 2.39 bits per heavy atom. The first-order chi connectivity index (χ1) is 13.4. The Hall–Kier alpha value is -1.64. The predicted molar refractivity (Wildman–Crippen MR) is 108 cm³/mol. The molecule has 156 valence electrons. The van der Waals surface area contributed by atoms with Crippen LogP contribution >= 0.6 is 0 Å². The highest BCUT2D eigenvalue weighted by molar-refractivity contribution is 7.89. The van der Waals surface area contributed by atoms with Crippen molar-refractivity contribution in [3.05, 3.63) is 23.8 Å². The molecular weight excluding hydrogens is 378 g/mol. The van der Waals surface area contributed by atoms with Crippen LogP contribution in [0.3, 0.4) is 0 Å². The van der Waals surface area contributed by atoms with Crippen LogP contribution in [0, 0.1) is 0 Å². The predicted octanol–water partition coefficient (Wildman–Crippen LogP) is 2.08. The van der Waals surface area contributed by atoms with E-state index in [2.05, 4.69) is 10.2 Å². The van der Waals surface area contributed by atoms with E-state index in [1.807, 2.05) is 6.92 Å². The number of hydrogen-bond acceptors (Lipinski definition) is 5. The van der Waals surface area contributed by atoms with Crippen LogP contribution in [-0.2, 0) is 10.0 Å². The largest absolute Gasteiger partial charge is 0.495 e. The summed E-state index contributed by atoms with van der Waals surface area (Å²) in [7, 11) is -2.23. The van der Waals surface area contributed by atoms with Crippen LogP contribution in [0.15, 0.2) is 23.1 Å². The zero-order valence-electron chi connectivity index (χ0n) is 16.8. The molecule has 1 aromatic carbocycles. The molecule has 0 aliphatic carbocycles. The summed E-state index contributed by atoms with van der Waals surface area (Å²) in [4.78, 5) is 15.1. The molecule has 8 heteroatoms. The number of hydrogen-bond donors (Lipinski definition) is 1. The van der Waals surface area contributed by atoms with Crippen molar-refractivity contribution in [2.45, 2.75) is 50.0 Å². The minimum atomic E-state index is -3.67. The van der Waals surface area contributed by atoms with E-state index in [1.54, 1.807) is 12.1 Å². The minimum absolute atomic E-state index is 0.00802. The first-order valence-corrected chi connectivity index (χ1v) is 11.6. The van der Waals surface area contributed by atoms with Crippen molar-refractivity contribution in [1.29, 1.82) is 0 Å². The standard InChI is InChI=1S/C20H31N3O4S/c1-16(15-22-10-4-3-5-11-22)21-20(24)17-8-9-18(27-2)19(14-17)28(25,26)23-12-6-7-13-23/h8-9,14,16H,3-7,10-13,15H2,1-2H3,(H,21,24)/t16-/m0/s1. The van der Waals surface area contributed by atoms with Crippen molar-refractivity contribution in [2.75, 3.05) is 39.8 Å². The number of methoxy groups -OCH3 is 1. The zero-order chi connectivity index (χ0) is 20.1. The number of piperidine rings is 1. The first-order valence-electron chi connectivity index (χ1n) is 10.1. The van der Waals surface area contributed by atoms with Crippen molar-refractivity contribution in [1.82, 2.24) is 14.5 Å². The molecule has 28 heavy (non-hydrogen) atoms. The van der Waals surface area contributed by atoms with Crippen molar-refractivity contribution >= 4 is 15.9 Å². The quantitative estimate of drug-likeness (QED) is 0.746. The van der Waals surface area contributed by atoms with E-state index in [4.69, 9.17) is 4.74 Å². The second-order valence-electron chi connectivity index (χ2n) is 7.71. The third-order valence-corrected chi connectivity index (χ3v) is 7.39. The maximum atomic E-state index is 13.0. The fraction of sp³-hybridized carbons (Fsp3) is 0.650. The molecule has 1 amide bonds. The Balaban J connectivity index is 1.73. The van der Waals surface area contributed by atoms with E-state index in [-0.39, 0.29) is 22.6 Å². The summed E-state index contributed by atoms with van der Waals surface area (Å²) in [5, 5.41) is 3.00. The van der Waals surface area contributed by atoms with E-state index >= 15 is 0 Å². The number of nitrogens with one attached hydrogen (secondary N) is 1. The summed E-state index contributed by atoms with van der Waals surface area (Å²) in [6.07, 6.45) is 5.40. The van der Waals surface area contributed by atoms with Gasteiger partial charge in [-0.25, -0.2) is 8.42 Å². The molecule has 2 aliphatic rings. The first kappa shape index (κ1) is 21.1. The molecule has 0 spiro atoms. The van der Waals surface area contributed by atoms with Gasteiger partial charge < -0.3 is 15.0 Å². The molecule has 0 radical (unpaired) electrons. The van der Waals surface area contributed by atoms with Gasteiger partial charge in [0, 0.05) is 31.2 Å². The van der Waals surface area contributed by atoms with Crippen LogP contribution in [0.5, 0.6) is 5.75 Å². The number of ether oxygens (including phenoxy) is 1. The third-order valence-electron chi connectivity index (χ3n) is 5.47. The highest BCUT2D eigenvalue weighted by atomic mass is 32.2. The monoisotopic (exact) mass is 409 g/mol. The number of amides is 1. The van der Waals surface area contributed by atoms with Crippen LogP contribution in [0.1, 0.15) is 49.4 Å². The highest BCUT2D eigenvalue weighted by Gasteiger charge is 2.30. The molecule has 7 nitrogen and oxygen atoms in total. The molecule has 0 bridgehead atoms. The molecular formula is C20H31N3O4S. The molecule has 2 saturated heterocycles. The minimum Gasteiger partial charge on any atom is -0.495 e. The summed E-state index contributed by atoms with van der Waals surface area (Å²) < 4.78 is 32.7. The summed E-state index contributed by atoms with van der Waals surface area (Å²) in [6, 6.07) is 4.61. The Morgan fingerprint density at radius 2 is 1.75 bits per heavy atom. The Morgan fingerprint density at radius 1 is 1.11 bits per heavy atom. The molecule has 0 saturated carbocycles. The molecule has 3 rings (SSSR count). The van der Waals surface area contributed by atoms with Gasteiger partial charge >= 0.3 is 0 Å². The average Bonchev–Trinajstić information content (AvgIpc) is 3.24. The summed E-state index contributed by atoms with van der Waals surface area (Å²) in [6.45, 7) is 5.95. The van der Waals surface area contributed by atoms with Crippen molar-refractivity contribution in [3.8, 4) is 5.75 Å². The number of likely N-dealkylation sites (tertiary alicyclic amines) is 1.